The Bertz CT molecular complexity index is 512. The summed E-state index contributed by atoms with van der Waals surface area (Å²) >= 11 is 2.03. The number of carbonyl (C=O) groups excluding carboxylic acids is 1. The lowest BCUT2D eigenvalue weighted by atomic mass is 10.0. The van der Waals surface area contributed by atoms with E-state index < -0.39 is 5.97 Å². The highest BCUT2D eigenvalue weighted by atomic mass is 127. The highest BCUT2D eigenvalue weighted by Crippen LogP contribution is 2.20. The summed E-state index contributed by atoms with van der Waals surface area (Å²) < 4.78 is 6.05. The van der Waals surface area contributed by atoms with Crippen molar-refractivity contribution in [3.05, 3.63) is 27.3 Å². The normalized spacial score (nSPS) is 17.9. The molecule has 1 aliphatic heterocycles. The van der Waals surface area contributed by atoms with Crippen LogP contribution in [0.25, 0.3) is 0 Å². The third-order valence-electron chi connectivity index (χ3n) is 3.23. The number of nitrogens with one attached hydrogen (secondary N) is 1. The van der Waals surface area contributed by atoms with E-state index in [1.54, 1.807) is 12.1 Å². The van der Waals surface area contributed by atoms with E-state index in [0.29, 0.717) is 18.0 Å². The molecule has 0 aromatic heterocycles. The number of ether oxygens (including phenoxy) is 1. The molecule has 1 fully saturated rings. The first-order chi connectivity index (χ1) is 9.54. The smallest absolute Gasteiger partial charge is 0.335 e. The van der Waals surface area contributed by atoms with Crippen molar-refractivity contribution in [3.63, 3.8) is 0 Å². The molecule has 5 nitrogen and oxygen atoms in total. The molecule has 0 saturated carbocycles. The quantitative estimate of drug-likeness (QED) is 0.760. The number of carboxylic acid groups (broad SMARTS) is 1. The number of halogens is 1. The number of rotatable bonds is 5. The fourth-order valence-corrected chi connectivity index (χ4v) is 2.83. The standard InChI is InChI=1S/C14H16INO4/c15-11-5-10(14(18)19)6-12(7-11)16-13(17)2-1-9-3-4-20-8-9/h5-7,9H,1-4,8H2,(H,16,17)(H,18,19). The van der Waals surface area contributed by atoms with Crippen LogP contribution < -0.4 is 5.32 Å². The topological polar surface area (TPSA) is 75.6 Å². The molecule has 2 rings (SSSR count). The van der Waals surface area contributed by atoms with Crippen molar-refractivity contribution in [1.82, 2.24) is 0 Å². The zero-order chi connectivity index (χ0) is 14.5. The van der Waals surface area contributed by atoms with E-state index in [0.717, 1.165) is 29.6 Å². The molecule has 1 saturated heterocycles. The van der Waals surface area contributed by atoms with Crippen LogP contribution in [0.5, 0.6) is 0 Å². The van der Waals surface area contributed by atoms with Crippen molar-refractivity contribution in [2.24, 2.45) is 5.92 Å². The van der Waals surface area contributed by atoms with Crippen LogP contribution >= 0.6 is 22.6 Å². The maximum atomic E-state index is 11.9. The lowest BCUT2D eigenvalue weighted by Gasteiger charge is -2.09. The molecule has 0 spiro atoms. The molecular weight excluding hydrogens is 373 g/mol. The van der Waals surface area contributed by atoms with Gasteiger partial charge in [0.1, 0.15) is 0 Å². The monoisotopic (exact) mass is 389 g/mol. The second-order valence-electron chi connectivity index (χ2n) is 4.85. The minimum absolute atomic E-state index is 0.0877. The van der Waals surface area contributed by atoms with Gasteiger partial charge in [0.05, 0.1) is 5.56 Å². The molecule has 1 aliphatic rings. The van der Waals surface area contributed by atoms with E-state index in [1.807, 2.05) is 22.6 Å². The Balaban J connectivity index is 1.91. The van der Waals surface area contributed by atoms with Gasteiger partial charge in [-0.15, -0.1) is 0 Å². The Hall–Kier alpha value is -1.15. The number of hydrogen-bond acceptors (Lipinski definition) is 3. The van der Waals surface area contributed by atoms with Gasteiger partial charge >= 0.3 is 5.97 Å². The van der Waals surface area contributed by atoms with Crippen LogP contribution in [0, 0.1) is 9.49 Å². The number of amides is 1. The van der Waals surface area contributed by atoms with Gasteiger partial charge < -0.3 is 15.2 Å². The summed E-state index contributed by atoms with van der Waals surface area (Å²) in [5.41, 5.74) is 0.707. The van der Waals surface area contributed by atoms with Crippen molar-refractivity contribution in [3.8, 4) is 0 Å². The fraction of sp³-hybridized carbons (Fsp3) is 0.429. The number of carbonyl (C=O) groups is 2. The number of benzene rings is 1. The van der Waals surface area contributed by atoms with Crippen LogP contribution in [0.3, 0.4) is 0 Å². The van der Waals surface area contributed by atoms with Crippen molar-refractivity contribution < 1.29 is 19.4 Å². The largest absolute Gasteiger partial charge is 0.478 e. The predicted molar refractivity (Wildman–Crippen MR) is 82.9 cm³/mol. The van der Waals surface area contributed by atoms with E-state index >= 15 is 0 Å². The second-order valence-corrected chi connectivity index (χ2v) is 6.10. The van der Waals surface area contributed by atoms with Crippen molar-refractivity contribution in [1.29, 1.82) is 0 Å². The first-order valence-corrected chi connectivity index (χ1v) is 7.54. The Kier molecular flexibility index (Phi) is 5.36. The molecule has 20 heavy (non-hydrogen) atoms. The first-order valence-electron chi connectivity index (χ1n) is 6.46. The van der Waals surface area contributed by atoms with Gasteiger partial charge in [0.25, 0.3) is 0 Å². The minimum atomic E-state index is -0.998. The summed E-state index contributed by atoms with van der Waals surface area (Å²) in [7, 11) is 0. The average molecular weight is 389 g/mol. The third-order valence-corrected chi connectivity index (χ3v) is 3.85. The van der Waals surface area contributed by atoms with Gasteiger partial charge in [-0.1, -0.05) is 0 Å². The zero-order valence-electron chi connectivity index (χ0n) is 10.9. The second kappa shape index (κ2) is 7.03. The fourth-order valence-electron chi connectivity index (χ4n) is 2.15. The van der Waals surface area contributed by atoms with E-state index in [9.17, 15) is 9.59 Å². The Morgan fingerprint density at radius 3 is 2.85 bits per heavy atom. The molecule has 1 atom stereocenters. The van der Waals surface area contributed by atoms with Crippen LogP contribution in [0.15, 0.2) is 18.2 Å². The Labute approximate surface area is 130 Å². The molecule has 1 unspecified atom stereocenters. The number of carboxylic acids is 1. The lowest BCUT2D eigenvalue weighted by Crippen LogP contribution is -2.14. The van der Waals surface area contributed by atoms with Gasteiger partial charge in [-0.25, -0.2) is 4.79 Å². The summed E-state index contributed by atoms with van der Waals surface area (Å²) in [5.74, 6) is -0.622. The van der Waals surface area contributed by atoms with Gasteiger partial charge in [-0.2, -0.15) is 0 Å². The molecule has 1 aromatic carbocycles. The molecule has 1 aromatic rings. The highest BCUT2D eigenvalue weighted by molar-refractivity contribution is 14.1. The van der Waals surface area contributed by atoms with Crippen LogP contribution in [-0.4, -0.2) is 30.2 Å². The maximum Gasteiger partial charge on any atom is 0.335 e. The number of hydrogen-bond donors (Lipinski definition) is 2. The maximum absolute atomic E-state index is 11.9. The Morgan fingerprint density at radius 2 is 2.20 bits per heavy atom. The minimum Gasteiger partial charge on any atom is -0.478 e. The van der Waals surface area contributed by atoms with Gasteiger partial charge in [0.2, 0.25) is 5.91 Å². The molecule has 0 radical (unpaired) electrons. The molecule has 1 amide bonds. The molecule has 108 valence electrons. The summed E-state index contributed by atoms with van der Waals surface area (Å²) in [6.07, 6.45) is 2.25. The first kappa shape index (κ1) is 15.2. The van der Waals surface area contributed by atoms with Crippen LogP contribution in [0.2, 0.25) is 0 Å². The van der Waals surface area contributed by atoms with Crippen LogP contribution in [0.4, 0.5) is 5.69 Å². The third kappa shape index (κ3) is 4.45. The van der Waals surface area contributed by atoms with Crippen molar-refractivity contribution in [2.45, 2.75) is 19.3 Å². The van der Waals surface area contributed by atoms with E-state index in [-0.39, 0.29) is 11.5 Å². The van der Waals surface area contributed by atoms with E-state index in [2.05, 4.69) is 5.32 Å². The van der Waals surface area contributed by atoms with E-state index in [1.165, 1.54) is 6.07 Å². The van der Waals surface area contributed by atoms with Gasteiger partial charge in [0, 0.05) is 28.9 Å². The highest BCUT2D eigenvalue weighted by Gasteiger charge is 2.17. The molecule has 6 heteroatoms. The lowest BCUT2D eigenvalue weighted by molar-refractivity contribution is -0.116. The number of anilines is 1. The SMILES string of the molecule is O=C(CCC1CCOC1)Nc1cc(I)cc(C(=O)O)c1. The van der Waals surface area contributed by atoms with Gasteiger partial charge in [-0.3, -0.25) is 4.79 Å². The molecule has 1 heterocycles. The summed E-state index contributed by atoms with van der Waals surface area (Å²) in [4.78, 5) is 22.8. The van der Waals surface area contributed by atoms with Crippen molar-refractivity contribution in [2.75, 3.05) is 18.5 Å². The van der Waals surface area contributed by atoms with Gasteiger partial charge in [0.15, 0.2) is 0 Å². The van der Waals surface area contributed by atoms with E-state index in [4.69, 9.17) is 9.84 Å². The zero-order valence-corrected chi connectivity index (χ0v) is 13.1. The Morgan fingerprint density at radius 1 is 1.40 bits per heavy atom. The van der Waals surface area contributed by atoms with Crippen LogP contribution in [-0.2, 0) is 9.53 Å². The molecular formula is C14H16INO4. The average Bonchev–Trinajstić information content (AvgIpc) is 2.88. The van der Waals surface area contributed by atoms with Crippen molar-refractivity contribution >= 4 is 40.2 Å². The molecule has 0 bridgehead atoms. The predicted octanol–water partition coefficient (Wildman–Crippen LogP) is 2.74. The number of aromatic carboxylic acids is 1. The van der Waals surface area contributed by atoms with Gasteiger partial charge in [-0.05, 0) is 59.5 Å². The molecule has 0 aliphatic carbocycles. The summed E-state index contributed by atoms with van der Waals surface area (Å²) in [6.45, 7) is 1.52. The summed E-state index contributed by atoms with van der Waals surface area (Å²) in [5, 5.41) is 11.7. The van der Waals surface area contributed by atoms with Crippen LogP contribution in [0.1, 0.15) is 29.6 Å². The molecule has 2 N–H and O–H groups in total. The summed E-state index contributed by atoms with van der Waals surface area (Å²) in [6, 6.07) is 4.79.